The normalized spacial score (nSPS) is 11.0. The number of amides is 1. The average Bonchev–Trinajstić information content (AvgIpc) is 2.88. The number of nitrogens with one attached hydrogen (secondary N) is 2. The SMILES string of the molecule is Cn1[nH]c(=O)c(N=Nc2ccc(F)cc2)c1NC(=O)c1ccc(Cl)cc1. The van der Waals surface area contributed by atoms with Gasteiger partial charge in [0.2, 0.25) is 0 Å². The van der Waals surface area contributed by atoms with Crippen molar-refractivity contribution in [2.24, 2.45) is 17.3 Å². The minimum absolute atomic E-state index is 0.0702. The number of nitrogens with zero attached hydrogens (tertiary/aromatic N) is 3. The summed E-state index contributed by atoms with van der Waals surface area (Å²) in [7, 11) is 1.55. The Hall–Kier alpha value is -3.26. The van der Waals surface area contributed by atoms with Crippen molar-refractivity contribution < 1.29 is 9.18 Å². The number of rotatable bonds is 4. The number of benzene rings is 2. The van der Waals surface area contributed by atoms with Gasteiger partial charge < -0.3 is 5.32 Å². The molecule has 7 nitrogen and oxygen atoms in total. The van der Waals surface area contributed by atoms with E-state index >= 15 is 0 Å². The van der Waals surface area contributed by atoms with E-state index in [4.69, 9.17) is 11.6 Å². The number of halogens is 2. The first-order valence-corrected chi connectivity index (χ1v) is 7.85. The first-order chi connectivity index (χ1) is 12.4. The highest BCUT2D eigenvalue weighted by molar-refractivity contribution is 6.30. The number of carbonyl (C=O) groups excluding carboxylic acids is 1. The third kappa shape index (κ3) is 3.86. The molecule has 0 aliphatic carbocycles. The Labute approximate surface area is 152 Å². The molecule has 1 aromatic heterocycles. The minimum Gasteiger partial charge on any atom is -0.305 e. The molecule has 0 saturated heterocycles. The minimum atomic E-state index is -0.523. The van der Waals surface area contributed by atoms with Crippen LogP contribution in [0.3, 0.4) is 0 Å². The Bertz CT molecular complexity index is 1020. The summed E-state index contributed by atoms with van der Waals surface area (Å²) < 4.78 is 14.3. The molecule has 2 aromatic carbocycles. The van der Waals surface area contributed by atoms with Crippen LogP contribution in [0.15, 0.2) is 63.6 Å². The topological polar surface area (TPSA) is 91.6 Å². The Morgan fingerprint density at radius 2 is 1.77 bits per heavy atom. The standard InChI is InChI=1S/C17H13ClFN5O2/c1-24-15(20-16(25)10-2-4-11(18)5-3-10)14(17(26)23-24)22-21-13-8-6-12(19)7-9-13/h2-9H,1H3,(H,20,25)(H,23,26). The van der Waals surface area contributed by atoms with E-state index in [-0.39, 0.29) is 11.5 Å². The van der Waals surface area contributed by atoms with E-state index in [9.17, 15) is 14.0 Å². The summed E-state index contributed by atoms with van der Waals surface area (Å²) in [6, 6.07) is 11.6. The highest BCUT2D eigenvalue weighted by atomic mass is 35.5. The van der Waals surface area contributed by atoms with Crippen molar-refractivity contribution in [2.45, 2.75) is 0 Å². The maximum Gasteiger partial charge on any atom is 0.294 e. The molecule has 0 aliphatic heterocycles. The number of H-pyrrole nitrogens is 1. The molecule has 0 aliphatic rings. The molecule has 9 heteroatoms. The van der Waals surface area contributed by atoms with E-state index in [0.717, 1.165) is 0 Å². The first-order valence-electron chi connectivity index (χ1n) is 7.47. The van der Waals surface area contributed by atoms with Crippen LogP contribution in [-0.2, 0) is 7.05 Å². The highest BCUT2D eigenvalue weighted by Crippen LogP contribution is 2.23. The van der Waals surface area contributed by atoms with Gasteiger partial charge in [0.25, 0.3) is 11.5 Å². The van der Waals surface area contributed by atoms with Crippen LogP contribution in [0, 0.1) is 5.82 Å². The summed E-state index contributed by atoms with van der Waals surface area (Å²) in [6.45, 7) is 0. The summed E-state index contributed by atoms with van der Waals surface area (Å²) in [5, 5.41) is 13.4. The number of hydrogen-bond donors (Lipinski definition) is 2. The monoisotopic (exact) mass is 373 g/mol. The average molecular weight is 374 g/mol. The van der Waals surface area contributed by atoms with Crippen LogP contribution in [0.4, 0.5) is 21.6 Å². The van der Waals surface area contributed by atoms with Gasteiger partial charge in [-0.2, -0.15) is 5.11 Å². The van der Waals surface area contributed by atoms with E-state index in [1.54, 1.807) is 31.3 Å². The first kappa shape index (κ1) is 17.6. The molecule has 0 unspecified atom stereocenters. The lowest BCUT2D eigenvalue weighted by Crippen LogP contribution is -2.14. The zero-order valence-electron chi connectivity index (χ0n) is 13.5. The van der Waals surface area contributed by atoms with Gasteiger partial charge in [0.05, 0.1) is 5.69 Å². The van der Waals surface area contributed by atoms with Crippen molar-refractivity contribution in [1.82, 2.24) is 9.78 Å². The lowest BCUT2D eigenvalue weighted by Gasteiger charge is -2.06. The Morgan fingerprint density at radius 1 is 1.12 bits per heavy atom. The fourth-order valence-corrected chi connectivity index (χ4v) is 2.29. The Balaban J connectivity index is 1.88. The zero-order valence-corrected chi connectivity index (χ0v) is 14.3. The van der Waals surface area contributed by atoms with Gasteiger partial charge in [-0.05, 0) is 48.5 Å². The van der Waals surface area contributed by atoms with E-state index in [1.165, 1.54) is 28.9 Å². The van der Waals surface area contributed by atoms with Crippen molar-refractivity contribution in [3.05, 3.63) is 75.3 Å². The zero-order chi connectivity index (χ0) is 18.7. The van der Waals surface area contributed by atoms with Crippen LogP contribution in [-0.4, -0.2) is 15.7 Å². The molecule has 1 amide bonds. The molecule has 0 radical (unpaired) electrons. The fourth-order valence-electron chi connectivity index (χ4n) is 2.16. The van der Waals surface area contributed by atoms with Crippen molar-refractivity contribution in [3.8, 4) is 0 Å². The van der Waals surface area contributed by atoms with Crippen molar-refractivity contribution in [1.29, 1.82) is 0 Å². The molecule has 0 atom stereocenters. The highest BCUT2D eigenvalue weighted by Gasteiger charge is 2.16. The number of anilines is 1. The van der Waals surface area contributed by atoms with Crippen LogP contribution in [0.2, 0.25) is 5.02 Å². The molecule has 2 N–H and O–H groups in total. The van der Waals surface area contributed by atoms with Gasteiger partial charge in [-0.25, -0.2) is 4.39 Å². The quantitative estimate of drug-likeness (QED) is 0.672. The number of aromatic nitrogens is 2. The van der Waals surface area contributed by atoms with Crippen molar-refractivity contribution in [2.75, 3.05) is 5.32 Å². The molecular formula is C17H13ClFN5O2. The summed E-state index contributed by atoms with van der Waals surface area (Å²) >= 11 is 5.81. The molecule has 26 heavy (non-hydrogen) atoms. The van der Waals surface area contributed by atoms with E-state index < -0.39 is 17.3 Å². The van der Waals surface area contributed by atoms with Gasteiger partial charge in [0.1, 0.15) is 5.82 Å². The molecule has 3 aromatic rings. The van der Waals surface area contributed by atoms with Gasteiger partial charge in [-0.1, -0.05) is 11.6 Å². The van der Waals surface area contributed by atoms with E-state index in [1.807, 2.05) is 0 Å². The molecule has 1 heterocycles. The maximum atomic E-state index is 12.9. The van der Waals surface area contributed by atoms with E-state index in [0.29, 0.717) is 16.3 Å². The second-order valence-electron chi connectivity index (χ2n) is 5.33. The predicted octanol–water partition coefficient (Wildman–Crippen LogP) is 4.17. The molecule has 0 bridgehead atoms. The summed E-state index contributed by atoms with van der Waals surface area (Å²) in [6.07, 6.45) is 0. The lowest BCUT2D eigenvalue weighted by molar-refractivity contribution is 0.102. The molecule has 0 fully saturated rings. The third-order valence-electron chi connectivity index (χ3n) is 3.47. The van der Waals surface area contributed by atoms with Crippen LogP contribution in [0.5, 0.6) is 0 Å². The predicted molar refractivity (Wildman–Crippen MR) is 96.0 cm³/mol. The van der Waals surface area contributed by atoms with Gasteiger partial charge >= 0.3 is 0 Å². The largest absolute Gasteiger partial charge is 0.305 e. The Kier molecular flexibility index (Phi) is 4.94. The lowest BCUT2D eigenvalue weighted by atomic mass is 10.2. The van der Waals surface area contributed by atoms with Crippen LogP contribution >= 0.6 is 11.6 Å². The molecule has 0 saturated carbocycles. The number of azo groups is 1. The number of aryl methyl sites for hydroxylation is 1. The third-order valence-corrected chi connectivity index (χ3v) is 3.73. The fraction of sp³-hybridized carbons (Fsp3) is 0.0588. The maximum absolute atomic E-state index is 12.9. The van der Waals surface area contributed by atoms with Gasteiger partial charge in [0.15, 0.2) is 11.5 Å². The second kappa shape index (κ2) is 7.32. The van der Waals surface area contributed by atoms with Crippen molar-refractivity contribution >= 4 is 34.7 Å². The van der Waals surface area contributed by atoms with Gasteiger partial charge in [-0.3, -0.25) is 19.4 Å². The molecule has 0 spiro atoms. The summed E-state index contributed by atoms with van der Waals surface area (Å²) in [4.78, 5) is 24.4. The molecular weight excluding hydrogens is 361 g/mol. The van der Waals surface area contributed by atoms with E-state index in [2.05, 4.69) is 20.6 Å². The number of hydrogen-bond acceptors (Lipinski definition) is 4. The summed E-state index contributed by atoms with van der Waals surface area (Å²) in [5.41, 5.74) is 0.137. The Morgan fingerprint density at radius 3 is 2.42 bits per heavy atom. The van der Waals surface area contributed by atoms with Crippen LogP contribution in [0.1, 0.15) is 10.4 Å². The van der Waals surface area contributed by atoms with Crippen LogP contribution < -0.4 is 10.9 Å². The van der Waals surface area contributed by atoms with Gasteiger partial charge in [0, 0.05) is 17.6 Å². The number of aromatic amines is 1. The molecule has 3 rings (SSSR count). The molecule has 132 valence electrons. The van der Waals surface area contributed by atoms with Crippen molar-refractivity contribution in [3.63, 3.8) is 0 Å². The number of carbonyl (C=O) groups is 1. The summed E-state index contributed by atoms with van der Waals surface area (Å²) in [5.74, 6) is -0.687. The van der Waals surface area contributed by atoms with Crippen LogP contribution in [0.25, 0.3) is 0 Å². The second-order valence-corrected chi connectivity index (χ2v) is 5.77. The van der Waals surface area contributed by atoms with Gasteiger partial charge in [-0.15, -0.1) is 5.11 Å². The smallest absolute Gasteiger partial charge is 0.294 e.